The van der Waals surface area contributed by atoms with E-state index in [1.807, 2.05) is 0 Å². The van der Waals surface area contributed by atoms with Crippen molar-refractivity contribution in [2.75, 3.05) is 11.1 Å². The Morgan fingerprint density at radius 2 is 2.04 bits per heavy atom. The van der Waals surface area contributed by atoms with Crippen molar-refractivity contribution in [2.45, 2.75) is 6.92 Å². The van der Waals surface area contributed by atoms with Gasteiger partial charge in [-0.05, 0) is 25.1 Å². The number of H-pyrrole nitrogens is 1. The van der Waals surface area contributed by atoms with Crippen molar-refractivity contribution >= 4 is 28.5 Å². The number of nitrogens with one attached hydrogen (secondary N) is 2. The Hall–Kier alpha value is -3.75. The predicted molar refractivity (Wildman–Crippen MR) is 94.8 cm³/mol. The Morgan fingerprint density at radius 1 is 1.15 bits per heavy atom. The molecule has 9 heteroatoms. The number of nitrogens with zero attached hydrogens (tertiary/aromatic N) is 4. The number of nitrogen functional groups attached to an aromatic ring is 1. The molecule has 0 aliphatic carbocycles. The summed E-state index contributed by atoms with van der Waals surface area (Å²) >= 11 is 0. The number of pyridine rings is 1. The minimum absolute atomic E-state index is 0.0858. The highest BCUT2D eigenvalue weighted by molar-refractivity contribution is 5.81. The van der Waals surface area contributed by atoms with Gasteiger partial charge in [0.2, 0.25) is 5.95 Å². The second kappa shape index (κ2) is 6.28. The van der Waals surface area contributed by atoms with Crippen LogP contribution in [0.3, 0.4) is 0 Å². The van der Waals surface area contributed by atoms with Gasteiger partial charge in [0.1, 0.15) is 11.6 Å². The standard InChI is InChI=1S/C17H14FN7O/c1-9-6-15(24-17(19)22-9)23-10-2-3-14(12(18)7-10)26-13-4-5-20-16-11(13)8-21-25-16/h2-8H,1H3,(H,20,21,25)(H3,19,22,23,24). The number of benzene rings is 1. The first kappa shape index (κ1) is 15.8. The van der Waals surface area contributed by atoms with Crippen LogP contribution in [-0.4, -0.2) is 25.1 Å². The number of aryl methyl sites for hydroxylation is 1. The maximum Gasteiger partial charge on any atom is 0.222 e. The van der Waals surface area contributed by atoms with Gasteiger partial charge in [-0.15, -0.1) is 0 Å². The lowest BCUT2D eigenvalue weighted by Crippen LogP contribution is -2.01. The van der Waals surface area contributed by atoms with Crippen molar-refractivity contribution < 1.29 is 9.13 Å². The van der Waals surface area contributed by atoms with Crippen LogP contribution in [0.5, 0.6) is 11.5 Å². The number of hydrogen-bond acceptors (Lipinski definition) is 7. The summed E-state index contributed by atoms with van der Waals surface area (Å²) in [5, 5.41) is 10.3. The maximum atomic E-state index is 14.5. The molecule has 8 nitrogen and oxygen atoms in total. The minimum Gasteiger partial charge on any atom is -0.453 e. The summed E-state index contributed by atoms with van der Waals surface area (Å²) in [6.45, 7) is 1.80. The van der Waals surface area contributed by atoms with Crippen LogP contribution in [0, 0.1) is 12.7 Å². The molecule has 26 heavy (non-hydrogen) atoms. The highest BCUT2D eigenvalue weighted by Gasteiger charge is 2.11. The van der Waals surface area contributed by atoms with Gasteiger partial charge >= 0.3 is 0 Å². The molecule has 3 aromatic heterocycles. The number of ether oxygens (including phenoxy) is 1. The predicted octanol–water partition coefficient (Wildman–Crippen LogP) is 3.31. The monoisotopic (exact) mass is 351 g/mol. The van der Waals surface area contributed by atoms with E-state index >= 15 is 0 Å². The zero-order valence-corrected chi connectivity index (χ0v) is 13.7. The van der Waals surface area contributed by atoms with E-state index in [9.17, 15) is 4.39 Å². The molecule has 0 atom stereocenters. The van der Waals surface area contributed by atoms with E-state index in [1.165, 1.54) is 12.1 Å². The lowest BCUT2D eigenvalue weighted by atomic mass is 10.2. The fraction of sp³-hybridized carbons (Fsp3) is 0.0588. The van der Waals surface area contributed by atoms with E-state index in [4.69, 9.17) is 10.5 Å². The molecule has 1 aromatic carbocycles. The van der Waals surface area contributed by atoms with Gasteiger partial charge in [-0.1, -0.05) is 0 Å². The second-order valence-electron chi connectivity index (χ2n) is 5.57. The van der Waals surface area contributed by atoms with Crippen molar-refractivity contribution in [3.63, 3.8) is 0 Å². The number of hydrogen-bond donors (Lipinski definition) is 3. The average Bonchev–Trinajstić information content (AvgIpc) is 3.06. The number of aromatic nitrogens is 5. The third kappa shape index (κ3) is 3.09. The molecular formula is C17H14FN7O. The summed E-state index contributed by atoms with van der Waals surface area (Å²) in [5.41, 5.74) is 7.41. The third-order valence-electron chi connectivity index (χ3n) is 3.61. The van der Waals surface area contributed by atoms with Crippen LogP contribution in [0.2, 0.25) is 0 Å². The highest BCUT2D eigenvalue weighted by atomic mass is 19.1. The SMILES string of the molecule is Cc1cc(Nc2ccc(Oc3ccnc4[nH]ncc34)c(F)c2)nc(N)n1. The van der Waals surface area contributed by atoms with Gasteiger partial charge < -0.3 is 15.8 Å². The average molecular weight is 351 g/mol. The molecule has 0 aliphatic heterocycles. The number of fused-ring (bicyclic) bond motifs is 1. The van der Waals surface area contributed by atoms with Gasteiger partial charge in [0.05, 0.1) is 11.6 Å². The van der Waals surface area contributed by atoms with Crippen molar-refractivity contribution in [1.29, 1.82) is 0 Å². The van der Waals surface area contributed by atoms with Gasteiger partial charge in [0, 0.05) is 29.7 Å². The number of nitrogens with two attached hydrogens (primary N) is 1. The summed E-state index contributed by atoms with van der Waals surface area (Å²) < 4.78 is 20.1. The van der Waals surface area contributed by atoms with Gasteiger partial charge in [-0.3, -0.25) is 5.10 Å². The molecule has 0 saturated carbocycles. The molecule has 0 bridgehead atoms. The van der Waals surface area contributed by atoms with Crippen LogP contribution in [0.4, 0.5) is 21.8 Å². The molecule has 4 N–H and O–H groups in total. The molecule has 0 fully saturated rings. The van der Waals surface area contributed by atoms with Crippen LogP contribution in [-0.2, 0) is 0 Å². The maximum absolute atomic E-state index is 14.5. The van der Waals surface area contributed by atoms with Crippen molar-refractivity contribution in [1.82, 2.24) is 25.1 Å². The highest BCUT2D eigenvalue weighted by Crippen LogP contribution is 2.31. The van der Waals surface area contributed by atoms with Crippen LogP contribution in [0.15, 0.2) is 42.7 Å². The summed E-state index contributed by atoms with van der Waals surface area (Å²) in [6, 6.07) is 7.89. The molecule has 130 valence electrons. The molecule has 0 radical (unpaired) electrons. The quantitative estimate of drug-likeness (QED) is 0.516. The Kier molecular flexibility index (Phi) is 3.81. The molecule has 0 saturated heterocycles. The first-order valence-corrected chi connectivity index (χ1v) is 7.72. The van der Waals surface area contributed by atoms with Crippen molar-refractivity contribution in [3.05, 3.63) is 54.2 Å². The smallest absolute Gasteiger partial charge is 0.222 e. The minimum atomic E-state index is -0.526. The Balaban J connectivity index is 1.59. The normalized spacial score (nSPS) is 10.8. The third-order valence-corrected chi connectivity index (χ3v) is 3.61. The van der Waals surface area contributed by atoms with Crippen LogP contribution in [0.1, 0.15) is 5.69 Å². The number of aromatic amines is 1. The number of anilines is 3. The zero-order valence-electron chi connectivity index (χ0n) is 13.7. The number of rotatable bonds is 4. The molecule has 0 unspecified atom stereocenters. The first-order chi connectivity index (χ1) is 12.6. The van der Waals surface area contributed by atoms with Crippen molar-refractivity contribution in [3.8, 4) is 11.5 Å². The fourth-order valence-electron chi connectivity index (χ4n) is 2.50. The Labute approximate surface area is 147 Å². The lowest BCUT2D eigenvalue weighted by Gasteiger charge is -2.10. The summed E-state index contributed by atoms with van der Waals surface area (Å²) in [6.07, 6.45) is 3.14. The van der Waals surface area contributed by atoms with E-state index in [2.05, 4.69) is 30.5 Å². The fourth-order valence-corrected chi connectivity index (χ4v) is 2.50. The van der Waals surface area contributed by atoms with Crippen molar-refractivity contribution in [2.24, 2.45) is 0 Å². The summed E-state index contributed by atoms with van der Waals surface area (Å²) in [4.78, 5) is 12.2. The van der Waals surface area contributed by atoms with Crippen LogP contribution < -0.4 is 15.8 Å². The van der Waals surface area contributed by atoms with Gasteiger partial charge in [-0.2, -0.15) is 10.1 Å². The topological polar surface area (TPSA) is 115 Å². The van der Waals surface area contributed by atoms with Crippen LogP contribution in [0.25, 0.3) is 11.0 Å². The van der Waals surface area contributed by atoms with E-state index in [0.717, 1.165) is 0 Å². The van der Waals surface area contributed by atoms with E-state index < -0.39 is 5.82 Å². The molecule has 4 aromatic rings. The van der Waals surface area contributed by atoms with E-state index in [-0.39, 0.29) is 11.7 Å². The molecule has 4 rings (SSSR count). The van der Waals surface area contributed by atoms with Gasteiger partial charge in [0.25, 0.3) is 0 Å². The Morgan fingerprint density at radius 3 is 2.85 bits per heavy atom. The zero-order chi connectivity index (χ0) is 18.1. The molecule has 0 spiro atoms. The van der Waals surface area contributed by atoms with E-state index in [0.29, 0.717) is 34.0 Å². The molecule has 3 heterocycles. The molecule has 0 aliphatic rings. The number of halogens is 1. The second-order valence-corrected chi connectivity index (χ2v) is 5.57. The first-order valence-electron chi connectivity index (χ1n) is 7.72. The summed E-state index contributed by atoms with van der Waals surface area (Å²) in [7, 11) is 0. The lowest BCUT2D eigenvalue weighted by molar-refractivity contribution is 0.446. The summed E-state index contributed by atoms with van der Waals surface area (Å²) in [5.74, 6) is 0.652. The van der Waals surface area contributed by atoms with E-state index in [1.54, 1.807) is 37.5 Å². The molecule has 0 amide bonds. The van der Waals surface area contributed by atoms with Crippen LogP contribution >= 0.6 is 0 Å². The van der Waals surface area contributed by atoms with Gasteiger partial charge in [-0.25, -0.2) is 14.4 Å². The largest absolute Gasteiger partial charge is 0.453 e. The Bertz CT molecular complexity index is 1080. The van der Waals surface area contributed by atoms with Gasteiger partial charge in [0.15, 0.2) is 17.2 Å². The molecular weight excluding hydrogens is 337 g/mol.